The molecule has 0 radical (unpaired) electrons. The molecule has 0 saturated carbocycles. The highest BCUT2D eigenvalue weighted by molar-refractivity contribution is 6.05. The standard InChI is InChI=1S/C45H62N4O4.C44H62N4O4/c1-9-49(10-2,11-3)32-20-31-47-38-27-26-34(4)33-36(38)45(7,8)40(47)24-15-12-14-23-39-44(5,6)35-21-17-18-22-37(35)46(39)30-19-13-16-25-43(52)53-48-41(50)28-29-42(48)51;1-9-48(10-2,11-3)31-18-17-30-46-37-26-25-33(4)32-35(37)44(7,8)39(46)23-19-22-38-43(5,6)34-20-14-15-21-36(34)45(38)29-16-12-13-24-42(51)52-47-40(49)27-28-41(47)50/h12,14-15,17-18,21-24,26-27,33H,9-11,13,16,19-20,25,28-32H2,1-8H3;14-15,19-23,25-26,32H,9-13,16-18,24,27-31H2,1-8H3/q2*+2. The second-order valence-corrected chi connectivity index (χ2v) is 32.0. The normalized spacial score (nSPS) is 18.7. The number of rotatable bonds is 34. The van der Waals surface area contributed by atoms with Crippen molar-refractivity contribution in [1.82, 2.24) is 10.1 Å². The number of unbranched alkanes of at least 4 members (excludes halogenated alkanes) is 5. The van der Waals surface area contributed by atoms with Gasteiger partial charge in [-0.05, 0) is 157 Å². The van der Waals surface area contributed by atoms with E-state index in [1.807, 2.05) is 0 Å². The minimum atomic E-state index is -0.535. The third-order valence-electron chi connectivity index (χ3n) is 24.2. The van der Waals surface area contributed by atoms with Gasteiger partial charge in [0.25, 0.3) is 23.6 Å². The Morgan fingerprint density at radius 3 is 1.23 bits per heavy atom. The smallest absolute Gasteiger partial charge is 0.333 e. The number of nitrogens with zero attached hydrogens (tertiary/aromatic N) is 8. The quantitative estimate of drug-likeness (QED) is 0.0146. The van der Waals surface area contributed by atoms with Crippen LogP contribution >= 0.6 is 0 Å². The fraction of sp³-hybridized carbons (Fsp3) is 0.528. The van der Waals surface area contributed by atoms with Crippen molar-refractivity contribution in [2.45, 2.75) is 229 Å². The molecule has 105 heavy (non-hydrogen) atoms. The zero-order valence-corrected chi connectivity index (χ0v) is 66.6. The number of allylic oxidation sites excluding steroid dienone is 10. The van der Waals surface area contributed by atoms with E-state index in [1.54, 1.807) is 0 Å². The van der Waals surface area contributed by atoms with Crippen LogP contribution in [0.25, 0.3) is 0 Å². The molecule has 0 atom stereocenters. The second kappa shape index (κ2) is 34.9. The van der Waals surface area contributed by atoms with Gasteiger partial charge in [-0.1, -0.05) is 124 Å². The predicted molar refractivity (Wildman–Crippen MR) is 424 cm³/mol. The molecule has 0 unspecified atom stereocenters. The molecule has 4 amide bonds. The van der Waals surface area contributed by atoms with Gasteiger partial charge >= 0.3 is 11.9 Å². The third-order valence-corrected chi connectivity index (χ3v) is 24.2. The number of hydrogen-bond acceptors (Lipinski definition) is 10. The van der Waals surface area contributed by atoms with Gasteiger partial charge in [-0.3, -0.25) is 19.2 Å². The van der Waals surface area contributed by atoms with Gasteiger partial charge in [0.1, 0.15) is 13.1 Å². The van der Waals surface area contributed by atoms with E-state index in [4.69, 9.17) is 9.68 Å². The van der Waals surface area contributed by atoms with Crippen molar-refractivity contribution in [2.24, 2.45) is 0 Å². The van der Waals surface area contributed by atoms with E-state index >= 15 is 0 Å². The number of hydrogen-bond donors (Lipinski definition) is 0. The first-order valence-corrected chi connectivity index (χ1v) is 39.6. The molecule has 2 saturated heterocycles. The van der Waals surface area contributed by atoms with Crippen LogP contribution < -0.4 is 9.80 Å². The zero-order chi connectivity index (χ0) is 76.1. The van der Waals surface area contributed by atoms with Crippen LogP contribution in [-0.2, 0) is 60.1 Å². The fourth-order valence-electron chi connectivity index (χ4n) is 17.0. The number of anilines is 2. The summed E-state index contributed by atoms with van der Waals surface area (Å²) >= 11 is 0. The molecule has 0 aliphatic carbocycles. The first-order valence-electron chi connectivity index (χ1n) is 39.6. The van der Waals surface area contributed by atoms with Crippen molar-refractivity contribution < 1.29 is 56.6 Å². The summed E-state index contributed by atoms with van der Waals surface area (Å²) in [5, 5.41) is 1.27. The van der Waals surface area contributed by atoms with Gasteiger partial charge in [0.05, 0.1) is 63.2 Å². The molecule has 0 N–H and O–H groups in total. The maximum absolute atomic E-state index is 12.3. The molecule has 4 aromatic carbocycles. The molecule has 2 fully saturated rings. The van der Waals surface area contributed by atoms with E-state index < -0.39 is 35.6 Å². The van der Waals surface area contributed by atoms with Gasteiger partial charge in [0.2, 0.25) is 11.4 Å². The first kappa shape index (κ1) is 80.8. The molecule has 10 rings (SSSR count). The van der Waals surface area contributed by atoms with Crippen LogP contribution in [0.3, 0.4) is 0 Å². The number of benzene rings is 4. The summed E-state index contributed by atoms with van der Waals surface area (Å²) in [6.45, 7) is 50.2. The number of carbonyl (C=O) groups is 6. The molecule has 6 aliphatic rings. The van der Waals surface area contributed by atoms with Crippen LogP contribution in [0.1, 0.15) is 227 Å². The summed E-state index contributed by atoms with van der Waals surface area (Å²) in [4.78, 5) is 87.1. The maximum atomic E-state index is 12.3. The largest absolute Gasteiger partial charge is 0.344 e. The van der Waals surface area contributed by atoms with Gasteiger partial charge in [0.15, 0.2) is 11.4 Å². The molecule has 0 spiro atoms. The number of imide groups is 2. The molecular formula is C89H124N8O8+4. The summed E-state index contributed by atoms with van der Waals surface area (Å²) in [6.07, 6.45) is 27.0. The summed E-state index contributed by atoms with van der Waals surface area (Å²) in [5.41, 5.74) is 17.8. The van der Waals surface area contributed by atoms with E-state index in [2.05, 4.69) is 263 Å². The van der Waals surface area contributed by atoms with Crippen LogP contribution in [0.4, 0.5) is 22.7 Å². The molecule has 564 valence electrons. The van der Waals surface area contributed by atoms with Crippen LogP contribution in [0, 0.1) is 13.8 Å². The van der Waals surface area contributed by atoms with E-state index in [0.29, 0.717) is 23.0 Å². The Morgan fingerprint density at radius 1 is 0.429 bits per heavy atom. The average Bonchev–Trinajstić information content (AvgIpc) is 1.61. The molecule has 6 aliphatic heterocycles. The number of para-hydroxylation sites is 2. The van der Waals surface area contributed by atoms with Crippen molar-refractivity contribution >= 4 is 69.7 Å². The number of carbonyl (C=O) groups excluding carboxylic acids is 6. The number of fused-ring (bicyclic) bond motifs is 4. The van der Waals surface area contributed by atoms with Gasteiger partial charge in [-0.15, -0.1) is 10.1 Å². The highest BCUT2D eigenvalue weighted by Crippen LogP contribution is 2.50. The summed E-state index contributed by atoms with van der Waals surface area (Å²) in [5.74, 6) is -2.85. The number of aryl methyl sites for hydroxylation is 2. The Labute approximate surface area is 628 Å². The lowest BCUT2D eigenvalue weighted by Gasteiger charge is -2.36. The fourth-order valence-corrected chi connectivity index (χ4v) is 17.0. The lowest BCUT2D eigenvalue weighted by atomic mass is 9.81. The lowest BCUT2D eigenvalue weighted by molar-refractivity contribution is -0.923. The Bertz CT molecular complexity index is 4020. The van der Waals surface area contributed by atoms with Crippen LogP contribution in [0.5, 0.6) is 0 Å². The van der Waals surface area contributed by atoms with Crippen molar-refractivity contribution in [1.29, 1.82) is 0 Å². The van der Waals surface area contributed by atoms with Gasteiger partial charge < -0.3 is 28.4 Å². The van der Waals surface area contributed by atoms with Gasteiger partial charge in [-0.2, -0.15) is 9.15 Å². The third kappa shape index (κ3) is 17.9. The SMILES string of the molecule is CC[N+](CC)(CC)CCCCN1/C(=C/C=C/C2=[N+](CCCCCC(=O)ON3C(=O)CCC3=O)c3ccccc3C2(C)C)C(C)(C)c2cc(C)ccc21.CC[N+](CC)(CC)CCCN1\C(=C/C=C/C=C/C2=[N+](CCCCCC(=O)ON3C(=O)CCC3=O)c3ccccc3C2(C)C)C(C)(C)c2cc(C)ccc21. The lowest BCUT2D eigenvalue weighted by Crippen LogP contribution is -2.48. The molecule has 6 heterocycles. The van der Waals surface area contributed by atoms with Crippen molar-refractivity contribution in [3.63, 3.8) is 0 Å². The monoisotopic (exact) mass is 1430 g/mol. The van der Waals surface area contributed by atoms with Crippen molar-refractivity contribution in [3.8, 4) is 0 Å². The number of hydroxylamine groups is 4. The van der Waals surface area contributed by atoms with Crippen LogP contribution in [0.15, 0.2) is 145 Å². The number of quaternary nitrogens is 2. The number of amides is 4. The first-order chi connectivity index (χ1) is 50.1. The van der Waals surface area contributed by atoms with Gasteiger partial charge in [-0.25, -0.2) is 9.59 Å². The molecule has 4 aromatic rings. The second-order valence-electron chi connectivity index (χ2n) is 32.0. The minimum absolute atomic E-state index is 0.0952. The van der Waals surface area contributed by atoms with Crippen molar-refractivity contribution in [3.05, 3.63) is 178 Å². The summed E-state index contributed by atoms with van der Waals surface area (Å²) in [7, 11) is 0. The van der Waals surface area contributed by atoms with Crippen LogP contribution in [-0.4, -0.2) is 154 Å². The Balaban J connectivity index is 0.000000243. The highest BCUT2D eigenvalue weighted by atomic mass is 16.7. The highest BCUT2D eigenvalue weighted by Gasteiger charge is 2.47. The predicted octanol–water partition coefficient (Wildman–Crippen LogP) is 17.0. The Hall–Kier alpha value is -8.34. The summed E-state index contributed by atoms with van der Waals surface area (Å²) < 4.78 is 7.22. The molecule has 16 nitrogen and oxygen atoms in total. The van der Waals surface area contributed by atoms with E-state index in [0.717, 1.165) is 69.2 Å². The Kier molecular flexibility index (Phi) is 26.9. The van der Waals surface area contributed by atoms with Crippen molar-refractivity contribution in [2.75, 3.05) is 88.3 Å². The average molecular weight is 1430 g/mol. The summed E-state index contributed by atoms with van der Waals surface area (Å²) in [6, 6.07) is 31.2. The van der Waals surface area contributed by atoms with E-state index in [1.165, 1.54) is 142 Å². The van der Waals surface area contributed by atoms with E-state index in [-0.39, 0.29) is 60.2 Å². The van der Waals surface area contributed by atoms with Crippen LogP contribution in [0.2, 0.25) is 0 Å². The zero-order valence-electron chi connectivity index (χ0n) is 66.6. The van der Waals surface area contributed by atoms with Gasteiger partial charge in [0, 0.05) is 140 Å². The van der Waals surface area contributed by atoms with E-state index in [9.17, 15) is 28.8 Å². The Morgan fingerprint density at radius 2 is 0.810 bits per heavy atom. The molecule has 0 bridgehead atoms. The maximum Gasteiger partial charge on any atom is 0.333 e. The minimum Gasteiger partial charge on any atom is -0.344 e. The topological polar surface area (TPSA) is 140 Å². The molecular weight excluding hydrogens is 1310 g/mol. The molecule has 0 aromatic heterocycles. The molecule has 16 heteroatoms.